The second-order valence-corrected chi connectivity index (χ2v) is 13.5. The molecule has 2 aliphatic heterocycles. The summed E-state index contributed by atoms with van der Waals surface area (Å²) >= 11 is 0. The molecule has 0 spiro atoms. The number of hydrogen-bond acceptors (Lipinski definition) is 7. The van der Waals surface area contributed by atoms with Crippen molar-refractivity contribution in [3.63, 3.8) is 0 Å². The fourth-order valence-corrected chi connectivity index (χ4v) is 5.98. The van der Waals surface area contributed by atoms with Gasteiger partial charge in [-0.15, -0.1) is 6.58 Å². The highest BCUT2D eigenvalue weighted by atomic mass is 33.1. The van der Waals surface area contributed by atoms with Crippen molar-refractivity contribution in [3.8, 4) is 5.75 Å². The smallest absolute Gasteiger partial charge is 0.126 e. The lowest BCUT2D eigenvalue weighted by Gasteiger charge is -2.32. The van der Waals surface area contributed by atoms with Gasteiger partial charge in [-0.3, -0.25) is 0 Å². The molecule has 7 heteroatoms. The molecule has 1 aromatic rings. The first-order valence-corrected chi connectivity index (χ1v) is 17.1. The van der Waals surface area contributed by atoms with Gasteiger partial charge in [-0.25, -0.2) is 0 Å². The SMILES string of the molecule is C=CC.CC(C)/C(=C\C(C)(C)N(C)O)CNCC(O)C1CCc2cc3c(cc2O1)CSSC3.CCC.CCC. The fraction of sp³-hybridized carbons (Fsp3) is 0.688. The molecule has 0 radical (unpaired) electrons. The molecule has 0 saturated carbocycles. The fourth-order valence-electron chi connectivity index (χ4n) is 3.76. The van der Waals surface area contributed by atoms with Crippen molar-refractivity contribution in [1.82, 2.24) is 10.4 Å². The highest BCUT2D eigenvalue weighted by Gasteiger charge is 2.28. The van der Waals surface area contributed by atoms with Crippen LogP contribution in [0.2, 0.25) is 0 Å². The van der Waals surface area contributed by atoms with Crippen molar-refractivity contribution < 1.29 is 15.1 Å². The second kappa shape index (κ2) is 20.8. The maximum atomic E-state index is 10.7. The van der Waals surface area contributed by atoms with Crippen LogP contribution in [0.3, 0.4) is 0 Å². The minimum absolute atomic E-state index is 0.180. The maximum absolute atomic E-state index is 10.7. The van der Waals surface area contributed by atoms with Gasteiger partial charge in [-0.2, -0.15) is 5.06 Å². The molecule has 1 aromatic carbocycles. The normalized spacial score (nSPS) is 17.2. The Labute approximate surface area is 248 Å². The first-order chi connectivity index (χ1) is 18.4. The van der Waals surface area contributed by atoms with Crippen LogP contribution in [0.1, 0.15) is 98.3 Å². The van der Waals surface area contributed by atoms with Gasteiger partial charge >= 0.3 is 0 Å². The van der Waals surface area contributed by atoms with Crippen LogP contribution in [0, 0.1) is 5.92 Å². The Morgan fingerprint density at radius 1 is 1.13 bits per heavy atom. The Morgan fingerprint density at radius 3 is 2.13 bits per heavy atom. The van der Waals surface area contributed by atoms with Gasteiger partial charge in [0.25, 0.3) is 0 Å². The first kappa shape index (κ1) is 38.0. The van der Waals surface area contributed by atoms with E-state index in [9.17, 15) is 10.3 Å². The molecule has 3 N–H and O–H groups in total. The summed E-state index contributed by atoms with van der Waals surface area (Å²) in [6.07, 6.45) is 7.41. The van der Waals surface area contributed by atoms with E-state index in [-0.39, 0.29) is 6.10 Å². The van der Waals surface area contributed by atoms with E-state index in [4.69, 9.17) is 4.74 Å². The molecule has 2 atom stereocenters. The zero-order valence-corrected chi connectivity index (χ0v) is 28.1. The Kier molecular flexibility index (Phi) is 20.3. The largest absolute Gasteiger partial charge is 0.487 e. The Balaban J connectivity index is 0.00000141. The molecule has 5 nitrogen and oxygen atoms in total. The van der Waals surface area contributed by atoms with Crippen molar-refractivity contribution in [3.05, 3.63) is 53.1 Å². The third kappa shape index (κ3) is 14.5. The molecule has 0 bridgehead atoms. The van der Waals surface area contributed by atoms with E-state index in [0.29, 0.717) is 19.0 Å². The molecule has 2 unspecified atom stereocenters. The predicted molar refractivity (Wildman–Crippen MR) is 175 cm³/mol. The molecule has 3 rings (SSSR count). The van der Waals surface area contributed by atoms with Crippen LogP contribution in [-0.2, 0) is 17.9 Å². The number of aliphatic hydroxyl groups is 1. The number of allylic oxidation sites excluding steroid dienone is 1. The maximum Gasteiger partial charge on any atom is 0.126 e. The Bertz CT molecular complexity index is 839. The topological polar surface area (TPSA) is 65.0 Å². The number of nitrogens with zero attached hydrogens (tertiary/aromatic N) is 1. The molecule has 2 heterocycles. The standard InChI is InChI=1S/C23H36N2O3S2.2C3H8.C3H6/c1-15(2)19(10-23(3,4)25(5)27)11-24-12-20(26)21-7-6-16-8-17-13-29-30-14-18(17)9-22(16)28-21;3*1-3-2/h8-10,15,20-21,24,26-27H,6-7,11-14H2,1-5H3;2*3H2,1-2H3;3H,1H2,2H3/b19-10-;;;. The molecule has 0 aliphatic carbocycles. The summed E-state index contributed by atoms with van der Waals surface area (Å²) in [5.41, 5.74) is 4.86. The van der Waals surface area contributed by atoms with Gasteiger partial charge in [-0.05, 0) is 62.3 Å². The van der Waals surface area contributed by atoms with Gasteiger partial charge in [0.15, 0.2) is 0 Å². The van der Waals surface area contributed by atoms with Gasteiger partial charge in [0.05, 0.1) is 5.54 Å². The highest BCUT2D eigenvalue weighted by Crippen LogP contribution is 2.41. The summed E-state index contributed by atoms with van der Waals surface area (Å²) in [6, 6.07) is 4.49. The minimum atomic E-state index is -0.555. The van der Waals surface area contributed by atoms with E-state index < -0.39 is 11.6 Å². The summed E-state index contributed by atoms with van der Waals surface area (Å²) in [4.78, 5) is 0. The zero-order valence-electron chi connectivity index (χ0n) is 26.5. The number of hydroxylamine groups is 2. The minimum Gasteiger partial charge on any atom is -0.487 e. The number of rotatable bonds is 8. The molecule has 0 amide bonds. The molecule has 0 saturated heterocycles. The summed E-state index contributed by atoms with van der Waals surface area (Å²) in [5.74, 6) is 3.40. The first-order valence-electron chi connectivity index (χ1n) is 14.6. The molecule has 39 heavy (non-hydrogen) atoms. The van der Waals surface area contributed by atoms with E-state index in [2.05, 4.69) is 71.6 Å². The molecule has 0 fully saturated rings. The lowest BCUT2D eigenvalue weighted by atomic mass is 9.94. The average molecular weight is 583 g/mol. The van der Waals surface area contributed by atoms with Gasteiger partial charge in [0, 0.05) is 31.6 Å². The van der Waals surface area contributed by atoms with E-state index in [1.807, 2.05) is 42.4 Å². The lowest BCUT2D eigenvalue weighted by molar-refractivity contribution is -0.121. The van der Waals surface area contributed by atoms with Gasteiger partial charge in [0.2, 0.25) is 0 Å². The highest BCUT2D eigenvalue weighted by molar-refractivity contribution is 8.76. The van der Waals surface area contributed by atoms with Crippen LogP contribution in [0.25, 0.3) is 0 Å². The van der Waals surface area contributed by atoms with Crippen molar-refractivity contribution in [2.45, 2.75) is 117 Å². The summed E-state index contributed by atoms with van der Waals surface area (Å²) in [5, 5.41) is 25.2. The van der Waals surface area contributed by atoms with Crippen molar-refractivity contribution >= 4 is 21.6 Å². The van der Waals surface area contributed by atoms with Crippen molar-refractivity contribution in [2.75, 3.05) is 20.1 Å². The number of aryl methyl sites for hydroxylation is 1. The predicted octanol–water partition coefficient (Wildman–Crippen LogP) is 8.43. The van der Waals surface area contributed by atoms with E-state index in [0.717, 1.165) is 30.1 Å². The van der Waals surface area contributed by atoms with Crippen molar-refractivity contribution in [2.24, 2.45) is 5.92 Å². The molecule has 226 valence electrons. The quantitative estimate of drug-likeness (QED) is 0.161. The average Bonchev–Trinajstić information content (AvgIpc) is 2.87. The molecular weight excluding hydrogens is 524 g/mol. The van der Waals surface area contributed by atoms with Crippen LogP contribution in [-0.4, -0.2) is 53.3 Å². The monoisotopic (exact) mass is 582 g/mol. The molecular formula is C32H58N2O3S2. The van der Waals surface area contributed by atoms with E-state index in [1.165, 1.54) is 40.2 Å². The van der Waals surface area contributed by atoms with Crippen LogP contribution < -0.4 is 10.1 Å². The number of fused-ring (bicyclic) bond motifs is 2. The molecule has 0 aromatic heterocycles. The third-order valence-corrected chi connectivity index (χ3v) is 8.33. The van der Waals surface area contributed by atoms with Crippen LogP contribution in [0.5, 0.6) is 5.75 Å². The number of hydrogen-bond donors (Lipinski definition) is 3. The number of nitrogens with one attached hydrogen (secondary N) is 1. The van der Waals surface area contributed by atoms with Crippen molar-refractivity contribution in [1.29, 1.82) is 0 Å². The van der Waals surface area contributed by atoms with Crippen LogP contribution >= 0.6 is 21.6 Å². The number of benzene rings is 1. The number of ether oxygens (including phenoxy) is 1. The summed E-state index contributed by atoms with van der Waals surface area (Å²) < 4.78 is 6.22. The van der Waals surface area contributed by atoms with Crippen LogP contribution in [0.15, 0.2) is 36.4 Å². The Morgan fingerprint density at radius 2 is 1.64 bits per heavy atom. The molecule has 2 aliphatic rings. The van der Waals surface area contributed by atoms with E-state index >= 15 is 0 Å². The second-order valence-electron chi connectivity index (χ2n) is 11.0. The van der Waals surface area contributed by atoms with Gasteiger partial charge in [0.1, 0.15) is 18.0 Å². The van der Waals surface area contributed by atoms with Gasteiger partial charge < -0.3 is 20.4 Å². The van der Waals surface area contributed by atoms with Gasteiger partial charge in [-0.1, -0.05) is 99.8 Å². The third-order valence-electron chi connectivity index (χ3n) is 6.10. The number of likely N-dealkylation sites (N-methyl/N-ethyl adjacent to an activating group) is 1. The number of aliphatic hydroxyl groups excluding tert-OH is 1. The van der Waals surface area contributed by atoms with E-state index in [1.54, 1.807) is 13.1 Å². The summed E-state index contributed by atoms with van der Waals surface area (Å²) in [6.45, 7) is 23.2. The lowest BCUT2D eigenvalue weighted by Crippen LogP contribution is -2.42. The zero-order chi connectivity index (χ0) is 30.0. The van der Waals surface area contributed by atoms with Crippen LogP contribution in [0.4, 0.5) is 0 Å². The summed E-state index contributed by atoms with van der Waals surface area (Å²) in [7, 11) is 5.48. The Hall–Kier alpha value is -0.960.